The average molecular weight is 526 g/mol. The van der Waals surface area contributed by atoms with Gasteiger partial charge in [0, 0.05) is 20.5 Å². The van der Waals surface area contributed by atoms with E-state index in [2.05, 4.69) is 26.1 Å². The highest BCUT2D eigenvalue weighted by Crippen LogP contribution is 2.65. The molecule has 2 unspecified atom stereocenters. The lowest BCUT2D eigenvalue weighted by molar-refractivity contribution is -0.390. The Morgan fingerprint density at radius 3 is 2.62 bits per heavy atom. The predicted molar refractivity (Wildman–Crippen MR) is 121 cm³/mol. The summed E-state index contributed by atoms with van der Waals surface area (Å²) in [6, 6.07) is 0. The molecule has 4 aliphatic rings. The van der Waals surface area contributed by atoms with E-state index in [9.17, 15) is 14.9 Å². The normalized spacial score (nSPS) is 30.6. The number of nitrogens with zero attached hydrogens (tertiary/aromatic N) is 6. The van der Waals surface area contributed by atoms with Crippen molar-refractivity contribution in [2.75, 3.05) is 7.05 Å². The van der Waals surface area contributed by atoms with E-state index in [4.69, 9.17) is 11.6 Å². The second-order valence-corrected chi connectivity index (χ2v) is 11.4. The van der Waals surface area contributed by atoms with Gasteiger partial charge in [0.25, 0.3) is 0 Å². The molecule has 11 heteroatoms. The Balaban J connectivity index is 1.38. The first-order chi connectivity index (χ1) is 15.1. The van der Waals surface area contributed by atoms with Crippen molar-refractivity contribution in [2.24, 2.45) is 24.3 Å². The molecule has 9 nitrogen and oxygen atoms in total. The third kappa shape index (κ3) is 3.55. The van der Waals surface area contributed by atoms with E-state index < -0.39 is 4.92 Å². The molecule has 4 saturated carbocycles. The Bertz CT molecular complexity index is 1060. The number of hydrogen-bond donors (Lipinski definition) is 0. The van der Waals surface area contributed by atoms with Gasteiger partial charge in [-0.05, 0) is 76.6 Å². The summed E-state index contributed by atoms with van der Waals surface area (Å²) in [5.41, 5.74) is 0.488. The molecule has 2 aromatic heterocycles. The van der Waals surface area contributed by atoms with Crippen LogP contribution in [0.2, 0.25) is 5.02 Å². The predicted octanol–water partition coefficient (Wildman–Crippen LogP) is 4.28. The maximum absolute atomic E-state index is 13.3. The zero-order valence-corrected chi connectivity index (χ0v) is 20.5. The van der Waals surface area contributed by atoms with Crippen molar-refractivity contribution in [3.63, 3.8) is 0 Å². The number of halogens is 2. The maximum atomic E-state index is 13.3. The van der Waals surface area contributed by atoms with Crippen LogP contribution in [-0.4, -0.2) is 42.3 Å². The van der Waals surface area contributed by atoms with Crippen LogP contribution in [0.5, 0.6) is 0 Å². The molecule has 0 radical (unpaired) electrons. The van der Waals surface area contributed by atoms with Crippen LogP contribution >= 0.6 is 27.5 Å². The van der Waals surface area contributed by atoms with Gasteiger partial charge in [-0.1, -0.05) is 11.6 Å². The van der Waals surface area contributed by atoms with Gasteiger partial charge in [-0.2, -0.15) is 9.78 Å². The van der Waals surface area contributed by atoms with Crippen LogP contribution in [0.3, 0.4) is 0 Å². The molecule has 172 valence electrons. The number of nitro groups is 1. The van der Waals surface area contributed by atoms with Crippen molar-refractivity contribution < 1.29 is 9.72 Å². The Hall–Kier alpha value is -1.94. The molecule has 0 N–H and O–H groups in total. The summed E-state index contributed by atoms with van der Waals surface area (Å²) in [5, 5.41) is 20.4. The van der Waals surface area contributed by atoms with Gasteiger partial charge in [-0.15, -0.1) is 0 Å². The van der Waals surface area contributed by atoms with Crippen molar-refractivity contribution in [2.45, 2.75) is 57.0 Å². The number of amides is 1. The van der Waals surface area contributed by atoms with Crippen LogP contribution < -0.4 is 0 Å². The molecule has 4 fully saturated rings. The van der Waals surface area contributed by atoms with E-state index in [-0.39, 0.29) is 22.7 Å². The van der Waals surface area contributed by atoms with Gasteiger partial charge in [-0.25, -0.2) is 0 Å². The lowest BCUT2D eigenvalue weighted by Gasteiger charge is -2.61. The highest BCUT2D eigenvalue weighted by atomic mass is 79.9. The molecule has 32 heavy (non-hydrogen) atoms. The number of hydrogen-bond acceptors (Lipinski definition) is 5. The summed E-state index contributed by atoms with van der Waals surface area (Å²) in [7, 11) is 3.64. The van der Waals surface area contributed by atoms with Gasteiger partial charge in [0.05, 0.1) is 40.3 Å². The SMILES string of the molecule is CN(Cc1c(Cl)cnn1C)C(=O)CC12CC3CC(C1)CC(n1cc(Br)c([N+](=O)[O-])n1)(C3)C2. The Morgan fingerprint density at radius 1 is 1.38 bits per heavy atom. The van der Waals surface area contributed by atoms with Crippen molar-refractivity contribution in [1.29, 1.82) is 0 Å². The van der Waals surface area contributed by atoms with Crippen LogP contribution in [-0.2, 0) is 23.9 Å². The number of carbonyl (C=O) groups excluding carboxylic acids is 1. The molecular formula is C21H26BrClN6O3. The van der Waals surface area contributed by atoms with Gasteiger partial charge in [0.2, 0.25) is 5.91 Å². The van der Waals surface area contributed by atoms with Crippen molar-refractivity contribution in [3.05, 3.63) is 37.7 Å². The molecule has 2 atom stereocenters. The molecule has 1 amide bonds. The first-order valence-electron chi connectivity index (χ1n) is 10.9. The highest BCUT2D eigenvalue weighted by molar-refractivity contribution is 9.10. The zero-order chi connectivity index (χ0) is 22.8. The standard InChI is InChI=1S/C21H26BrClN6O3/c1-26(11-17-16(23)9-24-27(17)2)18(30)8-20-4-13-3-14(5-20)7-21(6-13,12-20)28-10-15(22)19(25-28)29(31)32/h9-10,13-14H,3-8,11-12H2,1-2H3. The molecule has 0 saturated heterocycles. The van der Waals surface area contributed by atoms with E-state index in [1.807, 2.05) is 18.8 Å². The number of rotatable bonds is 6. The van der Waals surface area contributed by atoms with Crippen LogP contribution in [0.4, 0.5) is 5.82 Å². The summed E-state index contributed by atoms with van der Waals surface area (Å²) >= 11 is 9.54. The van der Waals surface area contributed by atoms with Crippen molar-refractivity contribution in [1.82, 2.24) is 24.5 Å². The minimum Gasteiger partial charge on any atom is -0.358 e. The smallest absolute Gasteiger partial charge is 0.358 e. The Kier molecular flexibility index (Phi) is 5.16. The van der Waals surface area contributed by atoms with E-state index in [1.54, 1.807) is 22.0 Å². The summed E-state index contributed by atoms with van der Waals surface area (Å²) in [6.45, 7) is 0.417. The van der Waals surface area contributed by atoms with Crippen LogP contribution in [0.15, 0.2) is 16.9 Å². The molecule has 2 heterocycles. The fourth-order valence-electron chi connectivity index (χ4n) is 6.97. The average Bonchev–Trinajstić information content (AvgIpc) is 3.24. The van der Waals surface area contributed by atoms with Crippen molar-refractivity contribution in [3.8, 4) is 0 Å². The molecular weight excluding hydrogens is 500 g/mol. The Morgan fingerprint density at radius 2 is 2.06 bits per heavy atom. The molecule has 4 bridgehead atoms. The number of carbonyl (C=O) groups is 1. The van der Waals surface area contributed by atoms with E-state index in [0.717, 1.165) is 37.8 Å². The molecule has 0 aromatic carbocycles. The molecule has 0 aliphatic heterocycles. The molecule has 4 aliphatic carbocycles. The van der Waals surface area contributed by atoms with Gasteiger partial charge in [0.1, 0.15) is 4.47 Å². The van der Waals surface area contributed by atoms with E-state index in [1.165, 1.54) is 6.42 Å². The topological polar surface area (TPSA) is 99.1 Å². The fraction of sp³-hybridized carbons (Fsp3) is 0.667. The largest absolute Gasteiger partial charge is 0.404 e. The maximum Gasteiger partial charge on any atom is 0.404 e. The van der Waals surface area contributed by atoms with Crippen LogP contribution in [0.1, 0.15) is 50.6 Å². The number of aryl methyl sites for hydroxylation is 1. The minimum atomic E-state index is -0.446. The first-order valence-corrected chi connectivity index (χ1v) is 12.1. The van der Waals surface area contributed by atoms with E-state index >= 15 is 0 Å². The van der Waals surface area contributed by atoms with E-state index in [0.29, 0.717) is 34.3 Å². The zero-order valence-electron chi connectivity index (χ0n) is 18.1. The quantitative estimate of drug-likeness (QED) is 0.414. The second-order valence-electron chi connectivity index (χ2n) is 10.2. The van der Waals surface area contributed by atoms with Crippen LogP contribution in [0, 0.1) is 27.4 Å². The first kappa shape index (κ1) is 21.9. The van der Waals surface area contributed by atoms with Crippen molar-refractivity contribution >= 4 is 39.3 Å². The third-order valence-corrected chi connectivity index (χ3v) is 8.69. The summed E-state index contributed by atoms with van der Waals surface area (Å²) in [6.07, 6.45) is 9.90. The van der Waals surface area contributed by atoms with Gasteiger partial charge in [0.15, 0.2) is 0 Å². The summed E-state index contributed by atoms with van der Waals surface area (Å²) < 4.78 is 3.95. The lowest BCUT2D eigenvalue weighted by Crippen LogP contribution is -2.57. The summed E-state index contributed by atoms with van der Waals surface area (Å²) in [5.74, 6) is 1.02. The monoisotopic (exact) mass is 524 g/mol. The van der Waals surface area contributed by atoms with Gasteiger partial charge >= 0.3 is 5.82 Å². The number of aromatic nitrogens is 4. The molecule has 6 rings (SSSR count). The Labute approximate surface area is 199 Å². The second kappa shape index (κ2) is 7.55. The minimum absolute atomic E-state index is 0.0844. The summed E-state index contributed by atoms with van der Waals surface area (Å²) in [4.78, 5) is 26.0. The highest BCUT2D eigenvalue weighted by Gasteiger charge is 2.60. The fourth-order valence-corrected chi connectivity index (χ4v) is 7.61. The van der Waals surface area contributed by atoms with Gasteiger partial charge in [-0.3, -0.25) is 9.48 Å². The molecule has 2 aromatic rings. The van der Waals surface area contributed by atoms with Gasteiger partial charge < -0.3 is 15.0 Å². The molecule has 0 spiro atoms. The lowest BCUT2D eigenvalue weighted by atomic mass is 9.46. The third-order valence-electron chi connectivity index (χ3n) is 7.81. The van der Waals surface area contributed by atoms with Crippen LogP contribution in [0.25, 0.3) is 0 Å².